The molecule has 2 saturated heterocycles. The molecule has 2 heterocycles. The van der Waals surface area contributed by atoms with Crippen molar-refractivity contribution >= 4 is 33.5 Å². The standard InChI is InChI=1S/C14H14BrNO4/c15-7-3-1-2-4-8(7)16-13(17)11-9-5-6-10(20-9)12(11)14(18)19/h1-4,9-12H,5-6H2,(H,16,17)(H,18,19)/t9-,10+,11+,12-/m1/s1. The zero-order valence-corrected chi connectivity index (χ0v) is 12.2. The summed E-state index contributed by atoms with van der Waals surface area (Å²) in [6.07, 6.45) is 0.874. The fraction of sp³-hybridized carbons (Fsp3) is 0.429. The highest BCUT2D eigenvalue weighted by molar-refractivity contribution is 9.10. The lowest BCUT2D eigenvalue weighted by Gasteiger charge is -2.24. The summed E-state index contributed by atoms with van der Waals surface area (Å²) in [5.41, 5.74) is 0.643. The van der Waals surface area contributed by atoms with Crippen molar-refractivity contribution in [1.82, 2.24) is 0 Å². The minimum absolute atomic E-state index is 0.274. The van der Waals surface area contributed by atoms with Crippen molar-refractivity contribution in [3.63, 3.8) is 0 Å². The van der Waals surface area contributed by atoms with Gasteiger partial charge in [0.1, 0.15) is 0 Å². The number of rotatable bonds is 3. The van der Waals surface area contributed by atoms with Crippen LogP contribution in [-0.4, -0.2) is 29.2 Å². The normalized spacial score (nSPS) is 31.2. The summed E-state index contributed by atoms with van der Waals surface area (Å²) in [5, 5.41) is 12.1. The van der Waals surface area contributed by atoms with Gasteiger partial charge >= 0.3 is 5.97 Å². The smallest absolute Gasteiger partial charge is 0.310 e. The molecule has 1 aromatic carbocycles. The van der Waals surface area contributed by atoms with Gasteiger partial charge < -0.3 is 15.2 Å². The van der Waals surface area contributed by atoms with Crippen molar-refractivity contribution in [3.05, 3.63) is 28.7 Å². The molecule has 2 aliphatic heterocycles. The summed E-state index contributed by atoms with van der Waals surface area (Å²) in [5.74, 6) is -2.59. The van der Waals surface area contributed by atoms with E-state index < -0.39 is 17.8 Å². The first-order valence-corrected chi connectivity index (χ1v) is 7.31. The maximum absolute atomic E-state index is 12.4. The number of fused-ring (bicyclic) bond motifs is 2. The average Bonchev–Trinajstić information content (AvgIpc) is 3.01. The first-order valence-electron chi connectivity index (χ1n) is 6.51. The second-order valence-corrected chi connectivity index (χ2v) is 6.00. The van der Waals surface area contributed by atoms with E-state index in [0.29, 0.717) is 5.69 Å². The largest absolute Gasteiger partial charge is 0.481 e. The molecule has 1 amide bonds. The van der Waals surface area contributed by atoms with Gasteiger partial charge in [0.05, 0.1) is 29.7 Å². The van der Waals surface area contributed by atoms with E-state index in [-0.39, 0.29) is 18.1 Å². The van der Waals surface area contributed by atoms with Gasteiger partial charge in [-0.1, -0.05) is 12.1 Å². The monoisotopic (exact) mass is 339 g/mol. The number of benzene rings is 1. The van der Waals surface area contributed by atoms with Crippen molar-refractivity contribution in [2.24, 2.45) is 11.8 Å². The minimum Gasteiger partial charge on any atom is -0.481 e. The summed E-state index contributed by atoms with van der Waals surface area (Å²) in [6.45, 7) is 0. The second-order valence-electron chi connectivity index (χ2n) is 5.15. The van der Waals surface area contributed by atoms with Crippen molar-refractivity contribution < 1.29 is 19.4 Å². The number of carbonyl (C=O) groups is 2. The third-order valence-corrected chi connectivity index (χ3v) is 4.68. The Labute approximate surface area is 124 Å². The summed E-state index contributed by atoms with van der Waals surface area (Å²) in [6, 6.07) is 7.25. The SMILES string of the molecule is O=C(Nc1ccccc1Br)[C@@H]1[C@H](C(=O)O)[C@@H]2CC[C@H]1O2. The highest BCUT2D eigenvalue weighted by Crippen LogP contribution is 2.44. The molecule has 2 N–H and O–H groups in total. The molecular weight excluding hydrogens is 326 g/mol. The fourth-order valence-electron chi connectivity index (χ4n) is 3.10. The molecule has 1 aromatic rings. The minimum atomic E-state index is -0.954. The van der Waals surface area contributed by atoms with E-state index >= 15 is 0 Å². The molecule has 6 heteroatoms. The van der Waals surface area contributed by atoms with E-state index in [2.05, 4.69) is 21.2 Å². The van der Waals surface area contributed by atoms with Crippen LogP contribution in [0.2, 0.25) is 0 Å². The van der Waals surface area contributed by atoms with E-state index in [1.807, 2.05) is 18.2 Å². The zero-order valence-electron chi connectivity index (χ0n) is 10.6. The molecule has 5 nitrogen and oxygen atoms in total. The Bertz CT molecular complexity index is 562. The molecule has 4 atom stereocenters. The predicted octanol–water partition coefficient (Wildman–Crippen LogP) is 2.27. The van der Waals surface area contributed by atoms with Crippen LogP contribution in [0.25, 0.3) is 0 Å². The lowest BCUT2D eigenvalue weighted by atomic mass is 9.78. The van der Waals surface area contributed by atoms with Crippen LogP contribution in [0, 0.1) is 11.8 Å². The lowest BCUT2D eigenvalue weighted by Crippen LogP contribution is -2.41. The number of hydrogen-bond acceptors (Lipinski definition) is 3. The van der Waals surface area contributed by atoms with Crippen molar-refractivity contribution in [1.29, 1.82) is 0 Å². The fourth-order valence-corrected chi connectivity index (χ4v) is 3.49. The third-order valence-electron chi connectivity index (χ3n) is 3.99. The highest BCUT2D eigenvalue weighted by Gasteiger charge is 2.55. The van der Waals surface area contributed by atoms with Crippen LogP contribution < -0.4 is 5.32 Å². The van der Waals surface area contributed by atoms with Gasteiger partial charge in [-0.05, 0) is 40.9 Å². The molecule has 20 heavy (non-hydrogen) atoms. The van der Waals surface area contributed by atoms with E-state index in [1.54, 1.807) is 6.07 Å². The molecule has 0 unspecified atom stereocenters. The molecule has 2 fully saturated rings. The van der Waals surface area contributed by atoms with Gasteiger partial charge in [-0.2, -0.15) is 0 Å². The number of para-hydroxylation sites is 1. The van der Waals surface area contributed by atoms with Crippen LogP contribution in [0.3, 0.4) is 0 Å². The lowest BCUT2D eigenvalue weighted by molar-refractivity contribution is -0.147. The first-order chi connectivity index (χ1) is 9.58. The second kappa shape index (κ2) is 5.18. The average molecular weight is 340 g/mol. The van der Waals surface area contributed by atoms with E-state index in [1.165, 1.54) is 0 Å². The Balaban J connectivity index is 1.80. The van der Waals surface area contributed by atoms with Gasteiger partial charge in [-0.15, -0.1) is 0 Å². The molecule has 2 bridgehead atoms. The van der Waals surface area contributed by atoms with Crippen molar-refractivity contribution in [2.75, 3.05) is 5.32 Å². The molecule has 106 valence electrons. The molecule has 0 aromatic heterocycles. The summed E-state index contributed by atoms with van der Waals surface area (Å²) >= 11 is 3.36. The van der Waals surface area contributed by atoms with Gasteiger partial charge in [0, 0.05) is 4.47 Å². The van der Waals surface area contributed by atoms with Crippen molar-refractivity contribution in [2.45, 2.75) is 25.0 Å². The topological polar surface area (TPSA) is 75.6 Å². The van der Waals surface area contributed by atoms with Gasteiger partial charge in [-0.25, -0.2) is 0 Å². The first kappa shape index (κ1) is 13.6. The number of carbonyl (C=O) groups excluding carboxylic acids is 1. The third kappa shape index (κ3) is 2.23. The maximum atomic E-state index is 12.4. The molecule has 0 spiro atoms. The van der Waals surface area contributed by atoms with Crippen LogP contribution in [-0.2, 0) is 14.3 Å². The number of hydrogen-bond donors (Lipinski definition) is 2. The Morgan fingerprint density at radius 2 is 1.85 bits per heavy atom. The van der Waals surface area contributed by atoms with Crippen LogP contribution in [0.1, 0.15) is 12.8 Å². The molecule has 0 saturated carbocycles. The number of carboxylic acid groups (broad SMARTS) is 1. The number of halogens is 1. The summed E-state index contributed by atoms with van der Waals surface area (Å²) in [7, 11) is 0. The van der Waals surface area contributed by atoms with Gasteiger partial charge in [0.2, 0.25) is 5.91 Å². The van der Waals surface area contributed by atoms with Crippen LogP contribution >= 0.6 is 15.9 Å². The number of ether oxygens (including phenoxy) is 1. The van der Waals surface area contributed by atoms with Gasteiger partial charge in [0.25, 0.3) is 0 Å². The van der Waals surface area contributed by atoms with Crippen LogP contribution in [0.15, 0.2) is 28.7 Å². The highest BCUT2D eigenvalue weighted by atomic mass is 79.9. The summed E-state index contributed by atoms with van der Waals surface area (Å²) < 4.78 is 6.36. The molecule has 0 aliphatic carbocycles. The quantitative estimate of drug-likeness (QED) is 0.885. The van der Waals surface area contributed by atoms with Crippen LogP contribution in [0.4, 0.5) is 5.69 Å². The number of aliphatic carboxylic acids is 1. The van der Waals surface area contributed by atoms with Crippen LogP contribution in [0.5, 0.6) is 0 Å². The maximum Gasteiger partial charge on any atom is 0.310 e. The number of nitrogens with one attached hydrogen (secondary N) is 1. The van der Waals surface area contributed by atoms with E-state index in [0.717, 1.165) is 17.3 Å². The Morgan fingerprint density at radius 3 is 2.50 bits per heavy atom. The predicted molar refractivity (Wildman–Crippen MR) is 75.3 cm³/mol. The van der Waals surface area contributed by atoms with E-state index in [4.69, 9.17) is 4.74 Å². The molecule has 0 radical (unpaired) electrons. The molecular formula is C14H14BrNO4. The van der Waals surface area contributed by atoms with Gasteiger partial charge in [-0.3, -0.25) is 9.59 Å². The zero-order chi connectivity index (χ0) is 14.3. The number of carboxylic acids is 1. The Hall–Kier alpha value is -1.40. The molecule has 2 aliphatic rings. The summed E-state index contributed by atoms with van der Waals surface area (Å²) in [4.78, 5) is 23.8. The number of amides is 1. The van der Waals surface area contributed by atoms with Crippen molar-refractivity contribution in [3.8, 4) is 0 Å². The van der Waals surface area contributed by atoms with E-state index in [9.17, 15) is 14.7 Å². The number of anilines is 1. The van der Waals surface area contributed by atoms with Gasteiger partial charge in [0.15, 0.2) is 0 Å². The Morgan fingerprint density at radius 1 is 1.20 bits per heavy atom. The molecule has 3 rings (SSSR count). The Kier molecular flexibility index (Phi) is 3.52.